The molecule has 1 aromatic rings. The molecule has 0 saturated heterocycles. The van der Waals surface area contributed by atoms with E-state index in [1.54, 1.807) is 0 Å². The van der Waals surface area contributed by atoms with Gasteiger partial charge in [0, 0.05) is 5.92 Å². The van der Waals surface area contributed by atoms with Crippen LogP contribution in [0.5, 0.6) is 0 Å². The third kappa shape index (κ3) is 0.814. The summed E-state index contributed by atoms with van der Waals surface area (Å²) < 4.78 is 0. The van der Waals surface area contributed by atoms with Gasteiger partial charge in [-0.1, -0.05) is 5.21 Å². The monoisotopic (exact) mass is 137 g/mol. The van der Waals surface area contributed by atoms with E-state index in [0.717, 1.165) is 12.8 Å². The number of ketones is 1. The Hall–Kier alpha value is -1.19. The largest absolute Gasteiger partial charge is 0.292 e. The molecule has 0 bridgehead atoms. The topological polar surface area (TPSA) is 58.6 Å². The summed E-state index contributed by atoms with van der Waals surface area (Å²) in [6.45, 7) is 0. The molecule has 1 fully saturated rings. The van der Waals surface area contributed by atoms with Gasteiger partial charge in [-0.2, -0.15) is 0 Å². The lowest BCUT2D eigenvalue weighted by molar-refractivity contribution is 0.0962. The molecule has 1 aliphatic rings. The van der Waals surface area contributed by atoms with Crippen LogP contribution in [0.25, 0.3) is 0 Å². The number of nitrogens with zero attached hydrogens (tertiary/aromatic N) is 2. The summed E-state index contributed by atoms with van der Waals surface area (Å²) >= 11 is 0. The number of aromatic amines is 1. The zero-order valence-electron chi connectivity index (χ0n) is 5.37. The first-order chi connectivity index (χ1) is 4.88. The number of Topliss-reactive ketones (excluding diaryl/α,β-unsaturated/α-hetero) is 1. The van der Waals surface area contributed by atoms with Crippen molar-refractivity contribution < 1.29 is 4.79 Å². The SMILES string of the molecule is O=C(c1cnn[nH]1)C1CC1. The van der Waals surface area contributed by atoms with Crippen molar-refractivity contribution in [3.63, 3.8) is 0 Å². The highest BCUT2D eigenvalue weighted by Gasteiger charge is 2.31. The summed E-state index contributed by atoms with van der Waals surface area (Å²) in [5.74, 6) is 0.409. The highest BCUT2D eigenvalue weighted by Crippen LogP contribution is 2.31. The van der Waals surface area contributed by atoms with E-state index >= 15 is 0 Å². The van der Waals surface area contributed by atoms with Crippen LogP contribution in [-0.4, -0.2) is 21.2 Å². The second-order valence-electron chi connectivity index (χ2n) is 2.51. The average molecular weight is 137 g/mol. The molecule has 0 aliphatic heterocycles. The van der Waals surface area contributed by atoms with Crippen LogP contribution in [0, 0.1) is 5.92 Å². The van der Waals surface area contributed by atoms with Crippen molar-refractivity contribution in [2.24, 2.45) is 5.92 Å². The van der Waals surface area contributed by atoms with Crippen LogP contribution in [0.2, 0.25) is 0 Å². The van der Waals surface area contributed by atoms with Gasteiger partial charge in [0.25, 0.3) is 0 Å². The number of H-pyrrole nitrogens is 1. The van der Waals surface area contributed by atoms with Gasteiger partial charge < -0.3 is 0 Å². The molecular weight excluding hydrogens is 130 g/mol. The quantitative estimate of drug-likeness (QED) is 0.600. The summed E-state index contributed by atoms with van der Waals surface area (Å²) in [5, 5.41) is 9.53. The van der Waals surface area contributed by atoms with E-state index < -0.39 is 0 Å². The molecular formula is C6H7N3O. The number of nitrogens with one attached hydrogen (secondary N) is 1. The smallest absolute Gasteiger partial charge is 0.185 e. The lowest BCUT2D eigenvalue weighted by Crippen LogP contribution is -2.00. The first-order valence-corrected chi connectivity index (χ1v) is 3.28. The average Bonchev–Trinajstić information content (AvgIpc) is 2.65. The predicted octanol–water partition coefficient (Wildman–Crippen LogP) is 0.397. The molecule has 0 amide bonds. The van der Waals surface area contributed by atoms with Crippen molar-refractivity contribution in [2.45, 2.75) is 12.8 Å². The Morgan fingerprint density at radius 2 is 2.50 bits per heavy atom. The van der Waals surface area contributed by atoms with Crippen LogP contribution in [0.3, 0.4) is 0 Å². The third-order valence-electron chi connectivity index (χ3n) is 1.63. The Kier molecular flexibility index (Phi) is 1.06. The first-order valence-electron chi connectivity index (χ1n) is 3.28. The van der Waals surface area contributed by atoms with E-state index in [-0.39, 0.29) is 11.7 Å². The van der Waals surface area contributed by atoms with E-state index in [1.807, 2.05) is 0 Å². The molecule has 1 saturated carbocycles. The zero-order chi connectivity index (χ0) is 6.97. The summed E-state index contributed by atoms with van der Waals surface area (Å²) in [7, 11) is 0. The lowest BCUT2D eigenvalue weighted by Gasteiger charge is -1.87. The van der Waals surface area contributed by atoms with Crippen LogP contribution in [0.15, 0.2) is 6.20 Å². The second-order valence-corrected chi connectivity index (χ2v) is 2.51. The lowest BCUT2D eigenvalue weighted by atomic mass is 10.2. The summed E-state index contributed by atoms with van der Waals surface area (Å²) in [6, 6.07) is 0. The van der Waals surface area contributed by atoms with Crippen LogP contribution >= 0.6 is 0 Å². The Labute approximate surface area is 57.6 Å². The number of hydrogen-bond acceptors (Lipinski definition) is 3. The van der Waals surface area contributed by atoms with Gasteiger partial charge in [-0.15, -0.1) is 5.10 Å². The number of hydrogen-bond donors (Lipinski definition) is 1. The molecule has 0 atom stereocenters. The maximum absolute atomic E-state index is 11.2. The molecule has 0 unspecified atom stereocenters. The number of carbonyl (C=O) groups excluding carboxylic acids is 1. The van der Waals surface area contributed by atoms with Crippen molar-refractivity contribution in [1.82, 2.24) is 15.4 Å². The molecule has 10 heavy (non-hydrogen) atoms. The van der Waals surface area contributed by atoms with Gasteiger partial charge in [0.2, 0.25) is 0 Å². The van der Waals surface area contributed by atoms with Gasteiger partial charge in [-0.3, -0.25) is 9.89 Å². The number of aromatic nitrogens is 3. The summed E-state index contributed by atoms with van der Waals surface area (Å²) in [5.41, 5.74) is 0.544. The zero-order valence-corrected chi connectivity index (χ0v) is 5.37. The van der Waals surface area contributed by atoms with Crippen LogP contribution in [-0.2, 0) is 0 Å². The molecule has 1 N–H and O–H groups in total. The van der Waals surface area contributed by atoms with E-state index in [1.165, 1.54) is 6.20 Å². The number of rotatable bonds is 2. The second kappa shape index (κ2) is 1.90. The van der Waals surface area contributed by atoms with Crippen LogP contribution in [0.4, 0.5) is 0 Å². The molecule has 2 rings (SSSR count). The fourth-order valence-corrected chi connectivity index (χ4v) is 0.882. The molecule has 1 heterocycles. The molecule has 52 valence electrons. The minimum Gasteiger partial charge on any atom is -0.292 e. The van der Waals surface area contributed by atoms with Gasteiger partial charge >= 0.3 is 0 Å². The molecule has 1 aliphatic carbocycles. The summed E-state index contributed by atoms with van der Waals surface area (Å²) in [4.78, 5) is 11.2. The van der Waals surface area contributed by atoms with Crippen molar-refractivity contribution in [1.29, 1.82) is 0 Å². The Morgan fingerprint density at radius 1 is 1.70 bits per heavy atom. The fourth-order valence-electron chi connectivity index (χ4n) is 0.882. The normalized spacial score (nSPS) is 17.2. The summed E-state index contributed by atoms with van der Waals surface area (Å²) in [6.07, 6.45) is 3.52. The van der Waals surface area contributed by atoms with Gasteiger partial charge in [-0.25, -0.2) is 0 Å². The third-order valence-corrected chi connectivity index (χ3v) is 1.63. The van der Waals surface area contributed by atoms with Crippen LogP contribution < -0.4 is 0 Å². The van der Waals surface area contributed by atoms with E-state index in [0.29, 0.717) is 5.69 Å². The minimum atomic E-state index is 0.157. The Morgan fingerprint density at radius 3 is 3.00 bits per heavy atom. The molecule has 0 radical (unpaired) electrons. The van der Waals surface area contributed by atoms with Gasteiger partial charge in [0.1, 0.15) is 5.69 Å². The molecule has 4 heteroatoms. The molecule has 0 aromatic carbocycles. The first kappa shape index (κ1) is 5.58. The standard InChI is InChI=1S/C6H7N3O/c10-6(4-1-2-4)5-3-7-9-8-5/h3-4H,1-2H2,(H,7,8,9). The molecule has 1 aromatic heterocycles. The Balaban J connectivity index is 2.19. The number of carbonyl (C=O) groups is 1. The van der Waals surface area contributed by atoms with Gasteiger partial charge in [0.05, 0.1) is 6.20 Å². The highest BCUT2D eigenvalue weighted by molar-refractivity contribution is 5.97. The fraction of sp³-hybridized carbons (Fsp3) is 0.500. The van der Waals surface area contributed by atoms with E-state index in [4.69, 9.17) is 0 Å². The minimum absolute atomic E-state index is 0.157. The van der Waals surface area contributed by atoms with Crippen molar-refractivity contribution >= 4 is 5.78 Å². The van der Waals surface area contributed by atoms with Crippen molar-refractivity contribution in [3.05, 3.63) is 11.9 Å². The van der Waals surface area contributed by atoms with E-state index in [9.17, 15) is 4.79 Å². The maximum Gasteiger partial charge on any atom is 0.185 e. The highest BCUT2D eigenvalue weighted by atomic mass is 16.1. The Bertz CT molecular complexity index is 238. The van der Waals surface area contributed by atoms with E-state index in [2.05, 4.69) is 15.4 Å². The van der Waals surface area contributed by atoms with Crippen molar-refractivity contribution in [3.8, 4) is 0 Å². The predicted molar refractivity (Wildman–Crippen MR) is 33.4 cm³/mol. The van der Waals surface area contributed by atoms with Crippen molar-refractivity contribution in [2.75, 3.05) is 0 Å². The van der Waals surface area contributed by atoms with Gasteiger partial charge in [0.15, 0.2) is 5.78 Å². The molecule has 4 nitrogen and oxygen atoms in total. The maximum atomic E-state index is 11.2. The van der Waals surface area contributed by atoms with Crippen LogP contribution in [0.1, 0.15) is 23.3 Å². The van der Waals surface area contributed by atoms with Gasteiger partial charge in [-0.05, 0) is 12.8 Å². The molecule has 0 spiro atoms.